The van der Waals surface area contributed by atoms with E-state index in [0.717, 1.165) is 38.3 Å². The van der Waals surface area contributed by atoms with Crippen molar-refractivity contribution >= 4 is 0 Å². The molecule has 0 aromatic carbocycles. The molecule has 1 N–H and O–H groups in total. The van der Waals surface area contributed by atoms with Crippen molar-refractivity contribution in [1.29, 1.82) is 0 Å². The van der Waals surface area contributed by atoms with Crippen LogP contribution in [0.15, 0.2) is 0 Å². The minimum Gasteiger partial charge on any atom is -0.366 e. The highest BCUT2D eigenvalue weighted by Crippen LogP contribution is 2.36. The second-order valence-electron chi connectivity index (χ2n) is 5.85. The summed E-state index contributed by atoms with van der Waals surface area (Å²) in [5, 5.41) is 3.62. The van der Waals surface area contributed by atoms with Crippen molar-refractivity contribution in [2.24, 2.45) is 5.92 Å². The lowest BCUT2D eigenvalue weighted by Crippen LogP contribution is -2.60. The van der Waals surface area contributed by atoms with Crippen molar-refractivity contribution in [3.05, 3.63) is 0 Å². The first-order valence-electron chi connectivity index (χ1n) is 7.46. The summed E-state index contributed by atoms with van der Waals surface area (Å²) < 4.78 is 6.62. The Morgan fingerprint density at radius 3 is 2.00 bits per heavy atom. The van der Waals surface area contributed by atoms with Gasteiger partial charge in [0.1, 0.15) is 0 Å². The van der Waals surface area contributed by atoms with Gasteiger partial charge in [-0.05, 0) is 31.6 Å². The van der Waals surface area contributed by atoms with Gasteiger partial charge >= 0.3 is 0 Å². The Balaban J connectivity index is 2.77. The van der Waals surface area contributed by atoms with Crippen molar-refractivity contribution in [3.8, 4) is 0 Å². The highest BCUT2D eigenvalue weighted by molar-refractivity contribution is 4.95. The fraction of sp³-hybridized carbons (Fsp3) is 1.00. The minimum atomic E-state index is 0.0691. The molecule has 1 aliphatic heterocycles. The second-order valence-corrected chi connectivity index (χ2v) is 5.85. The molecule has 1 rings (SSSR count). The largest absolute Gasteiger partial charge is 0.366 e. The van der Waals surface area contributed by atoms with Gasteiger partial charge in [-0.1, -0.05) is 41.0 Å². The average Bonchev–Trinajstić information content (AvgIpc) is 2.38. The van der Waals surface area contributed by atoms with Crippen molar-refractivity contribution in [2.75, 3.05) is 13.1 Å². The van der Waals surface area contributed by atoms with Crippen molar-refractivity contribution in [3.63, 3.8) is 0 Å². The lowest BCUT2D eigenvalue weighted by molar-refractivity contribution is -0.190. The fourth-order valence-corrected chi connectivity index (χ4v) is 2.93. The number of morpholine rings is 1. The van der Waals surface area contributed by atoms with E-state index in [0.29, 0.717) is 0 Å². The Labute approximate surface area is 108 Å². The summed E-state index contributed by atoms with van der Waals surface area (Å²) in [6.07, 6.45) is 5.77. The summed E-state index contributed by atoms with van der Waals surface area (Å²) in [5.41, 5.74) is 0.140. The molecular formula is C15H31NO. The molecule has 102 valence electrons. The molecule has 2 nitrogen and oxygen atoms in total. The van der Waals surface area contributed by atoms with Crippen LogP contribution in [0.4, 0.5) is 0 Å². The maximum atomic E-state index is 6.62. The molecule has 0 amide bonds. The second kappa shape index (κ2) is 6.19. The third-order valence-corrected chi connectivity index (χ3v) is 4.68. The van der Waals surface area contributed by atoms with Crippen LogP contribution in [0.2, 0.25) is 0 Å². The first-order chi connectivity index (χ1) is 8.05. The molecule has 17 heavy (non-hydrogen) atoms. The number of nitrogens with one attached hydrogen (secondary N) is 1. The maximum absolute atomic E-state index is 6.62. The molecule has 1 saturated heterocycles. The molecule has 1 aliphatic rings. The Morgan fingerprint density at radius 2 is 1.53 bits per heavy atom. The first-order valence-corrected chi connectivity index (χ1v) is 7.46. The molecular weight excluding hydrogens is 210 g/mol. The van der Waals surface area contributed by atoms with E-state index >= 15 is 0 Å². The van der Waals surface area contributed by atoms with Gasteiger partial charge < -0.3 is 10.1 Å². The third-order valence-electron chi connectivity index (χ3n) is 4.68. The van der Waals surface area contributed by atoms with Gasteiger partial charge in [0.25, 0.3) is 0 Å². The lowest BCUT2D eigenvalue weighted by atomic mass is 9.83. The molecule has 0 aliphatic carbocycles. The molecule has 2 unspecified atom stereocenters. The Kier molecular flexibility index (Phi) is 5.46. The first kappa shape index (κ1) is 15.0. The van der Waals surface area contributed by atoms with Crippen LogP contribution < -0.4 is 5.32 Å². The molecule has 0 radical (unpaired) electrons. The topological polar surface area (TPSA) is 21.3 Å². The zero-order valence-electron chi connectivity index (χ0n) is 12.4. The van der Waals surface area contributed by atoms with E-state index in [2.05, 4.69) is 39.9 Å². The lowest BCUT2D eigenvalue weighted by Gasteiger charge is -2.49. The monoisotopic (exact) mass is 241 g/mol. The van der Waals surface area contributed by atoms with E-state index in [4.69, 9.17) is 4.74 Å². The zero-order valence-corrected chi connectivity index (χ0v) is 12.4. The normalized spacial score (nSPS) is 30.2. The van der Waals surface area contributed by atoms with E-state index < -0.39 is 0 Å². The molecule has 2 heteroatoms. The quantitative estimate of drug-likeness (QED) is 0.764. The van der Waals surface area contributed by atoms with Crippen molar-refractivity contribution in [2.45, 2.75) is 77.9 Å². The van der Waals surface area contributed by atoms with Crippen LogP contribution in [-0.4, -0.2) is 24.3 Å². The summed E-state index contributed by atoms with van der Waals surface area (Å²) in [5.74, 6) is 0.751. The van der Waals surface area contributed by atoms with Crippen molar-refractivity contribution in [1.82, 2.24) is 5.32 Å². The van der Waals surface area contributed by atoms with E-state index in [9.17, 15) is 0 Å². The number of ether oxygens (including phenoxy) is 1. The van der Waals surface area contributed by atoms with Crippen molar-refractivity contribution < 1.29 is 4.74 Å². The summed E-state index contributed by atoms with van der Waals surface area (Å²) in [6.45, 7) is 13.4. The molecule has 2 atom stereocenters. The van der Waals surface area contributed by atoms with Gasteiger partial charge in [0.2, 0.25) is 0 Å². The summed E-state index contributed by atoms with van der Waals surface area (Å²) in [4.78, 5) is 0. The molecule has 0 saturated carbocycles. The average molecular weight is 241 g/mol. The van der Waals surface area contributed by atoms with Crippen LogP contribution in [0.3, 0.4) is 0 Å². The van der Waals surface area contributed by atoms with Gasteiger partial charge in [0.05, 0.1) is 11.2 Å². The maximum Gasteiger partial charge on any atom is 0.0814 e. The molecule has 1 fully saturated rings. The van der Waals surface area contributed by atoms with Crippen LogP contribution >= 0.6 is 0 Å². The van der Waals surface area contributed by atoms with Crippen LogP contribution in [0.25, 0.3) is 0 Å². The minimum absolute atomic E-state index is 0.0691. The van der Waals surface area contributed by atoms with Crippen LogP contribution in [0.1, 0.15) is 66.7 Å². The molecule has 0 aromatic rings. The summed E-state index contributed by atoms with van der Waals surface area (Å²) in [7, 11) is 0. The van der Waals surface area contributed by atoms with Crippen LogP contribution in [0, 0.1) is 5.92 Å². The van der Waals surface area contributed by atoms with Gasteiger partial charge in [-0.15, -0.1) is 0 Å². The summed E-state index contributed by atoms with van der Waals surface area (Å²) in [6, 6.07) is 0. The fourth-order valence-electron chi connectivity index (χ4n) is 2.93. The molecule has 0 spiro atoms. The highest BCUT2D eigenvalue weighted by Gasteiger charge is 2.43. The van der Waals surface area contributed by atoms with E-state index in [-0.39, 0.29) is 11.2 Å². The Bertz CT molecular complexity index is 225. The highest BCUT2D eigenvalue weighted by atomic mass is 16.5. The molecule has 1 heterocycles. The van der Waals surface area contributed by atoms with Crippen LogP contribution in [-0.2, 0) is 4.74 Å². The molecule has 0 bridgehead atoms. The zero-order chi connectivity index (χ0) is 12.9. The standard InChI is InChI=1S/C15H31NO/c1-6-13(5)10-15(9-4)12-16-11-14(7-2,8-3)17-15/h13,16H,6-12H2,1-5H3. The SMILES string of the molecule is CCC(C)CC1(CC)CNCC(CC)(CC)O1. The van der Waals surface area contributed by atoms with E-state index in [1.165, 1.54) is 12.8 Å². The smallest absolute Gasteiger partial charge is 0.0814 e. The Hall–Kier alpha value is -0.0800. The number of hydrogen-bond acceptors (Lipinski definition) is 2. The third kappa shape index (κ3) is 3.45. The predicted molar refractivity (Wildman–Crippen MR) is 74.4 cm³/mol. The number of hydrogen-bond donors (Lipinski definition) is 1. The Morgan fingerprint density at radius 1 is 1.00 bits per heavy atom. The van der Waals surface area contributed by atoms with Gasteiger partial charge in [-0.3, -0.25) is 0 Å². The van der Waals surface area contributed by atoms with E-state index in [1.54, 1.807) is 0 Å². The van der Waals surface area contributed by atoms with Gasteiger partial charge in [-0.25, -0.2) is 0 Å². The van der Waals surface area contributed by atoms with Gasteiger partial charge in [0, 0.05) is 13.1 Å². The van der Waals surface area contributed by atoms with Gasteiger partial charge in [0.15, 0.2) is 0 Å². The summed E-state index contributed by atoms with van der Waals surface area (Å²) >= 11 is 0. The van der Waals surface area contributed by atoms with Gasteiger partial charge in [-0.2, -0.15) is 0 Å². The molecule has 0 aromatic heterocycles. The number of rotatable bonds is 6. The van der Waals surface area contributed by atoms with Crippen LogP contribution in [0.5, 0.6) is 0 Å². The predicted octanol–water partition coefficient (Wildman–Crippen LogP) is 3.75. The van der Waals surface area contributed by atoms with E-state index in [1.807, 2.05) is 0 Å².